The third-order valence-electron chi connectivity index (χ3n) is 2.98. The Kier molecular flexibility index (Phi) is 4.35. The third kappa shape index (κ3) is 3.45. The number of allylic oxidation sites excluding steroid dienone is 1. The summed E-state index contributed by atoms with van der Waals surface area (Å²) >= 11 is 0. The van der Waals surface area contributed by atoms with Crippen molar-refractivity contribution in [3.05, 3.63) is 53.9 Å². The summed E-state index contributed by atoms with van der Waals surface area (Å²) in [6.07, 6.45) is 4.73. The zero-order chi connectivity index (χ0) is 15.5. The number of nitrogens with one attached hydrogen (secondary N) is 1. The van der Waals surface area contributed by atoms with Crippen LogP contribution in [0, 0.1) is 0 Å². The van der Waals surface area contributed by atoms with E-state index in [1.54, 1.807) is 30.1 Å². The zero-order valence-electron chi connectivity index (χ0n) is 11.6. The van der Waals surface area contributed by atoms with Gasteiger partial charge in [0.1, 0.15) is 0 Å². The molecule has 1 N–H and O–H groups in total. The molecule has 0 amide bonds. The highest BCUT2D eigenvalue weighted by Gasteiger charge is 2.11. The lowest BCUT2D eigenvalue weighted by molar-refractivity contribution is 0.104. The number of hydrogen-bond donors (Lipinski definition) is 1. The van der Waals surface area contributed by atoms with Crippen LogP contribution in [0.5, 0.6) is 0 Å². The second-order valence-corrected chi connectivity index (χ2v) is 6.20. The minimum absolute atomic E-state index is 0.122. The smallest absolute Gasteiger partial charge is 0.240 e. The fourth-order valence-corrected chi connectivity index (χ4v) is 2.45. The standard InChI is InChI=1S/C14H15N3O3S/c1-15-21(19,20)13-6-3-11(4-7-13)14(18)8-5-12-9-10-16-17(12)2/h3-10,15H,1-2H3. The fraction of sp³-hybridized carbons (Fsp3) is 0.143. The predicted octanol–water partition coefficient (Wildman–Crippen LogP) is 1.22. The Morgan fingerprint density at radius 3 is 2.43 bits per heavy atom. The molecule has 0 saturated heterocycles. The van der Waals surface area contributed by atoms with E-state index in [1.807, 2.05) is 0 Å². The molecule has 110 valence electrons. The number of ketones is 1. The van der Waals surface area contributed by atoms with E-state index in [2.05, 4.69) is 9.82 Å². The van der Waals surface area contributed by atoms with Gasteiger partial charge in [0.05, 0.1) is 10.6 Å². The normalized spacial score (nSPS) is 11.9. The van der Waals surface area contributed by atoms with Gasteiger partial charge in [-0.3, -0.25) is 9.48 Å². The van der Waals surface area contributed by atoms with Crippen LogP contribution in [0.1, 0.15) is 16.1 Å². The Morgan fingerprint density at radius 2 is 1.90 bits per heavy atom. The summed E-state index contributed by atoms with van der Waals surface area (Å²) in [6, 6.07) is 7.56. The fourth-order valence-electron chi connectivity index (χ4n) is 1.72. The van der Waals surface area contributed by atoms with Gasteiger partial charge in [0.25, 0.3) is 0 Å². The van der Waals surface area contributed by atoms with Crippen LogP contribution in [0.25, 0.3) is 6.08 Å². The van der Waals surface area contributed by atoms with E-state index in [1.165, 1.54) is 37.4 Å². The summed E-state index contributed by atoms with van der Waals surface area (Å²) < 4.78 is 27.0. The summed E-state index contributed by atoms with van der Waals surface area (Å²) in [5, 5.41) is 4.00. The van der Waals surface area contributed by atoms with Gasteiger partial charge in [-0.15, -0.1) is 0 Å². The number of carbonyl (C=O) groups excluding carboxylic acids is 1. The van der Waals surface area contributed by atoms with E-state index in [0.29, 0.717) is 5.56 Å². The van der Waals surface area contributed by atoms with Crippen LogP contribution in [0.4, 0.5) is 0 Å². The maximum Gasteiger partial charge on any atom is 0.240 e. The molecule has 0 saturated carbocycles. The van der Waals surface area contributed by atoms with Gasteiger partial charge in [-0.1, -0.05) is 0 Å². The number of carbonyl (C=O) groups is 1. The topological polar surface area (TPSA) is 81.1 Å². The number of aromatic nitrogens is 2. The summed E-state index contributed by atoms with van der Waals surface area (Å²) in [5.74, 6) is -0.204. The quantitative estimate of drug-likeness (QED) is 0.665. The molecule has 0 atom stereocenters. The maximum atomic E-state index is 12.0. The van der Waals surface area contributed by atoms with Crippen molar-refractivity contribution in [2.45, 2.75) is 4.90 Å². The molecule has 0 aliphatic rings. The van der Waals surface area contributed by atoms with Gasteiger partial charge in [-0.05, 0) is 49.5 Å². The predicted molar refractivity (Wildman–Crippen MR) is 79.3 cm³/mol. The molecule has 1 aromatic heterocycles. The van der Waals surface area contributed by atoms with E-state index in [0.717, 1.165) is 5.69 Å². The van der Waals surface area contributed by atoms with E-state index in [4.69, 9.17) is 0 Å². The van der Waals surface area contributed by atoms with Gasteiger partial charge in [0.15, 0.2) is 5.78 Å². The average molecular weight is 305 g/mol. The maximum absolute atomic E-state index is 12.0. The lowest BCUT2D eigenvalue weighted by atomic mass is 10.1. The summed E-state index contributed by atoms with van der Waals surface area (Å²) in [4.78, 5) is 12.1. The molecule has 1 aromatic carbocycles. The van der Waals surface area contributed by atoms with E-state index in [9.17, 15) is 13.2 Å². The number of sulfonamides is 1. The molecular weight excluding hydrogens is 290 g/mol. The number of benzene rings is 1. The highest BCUT2D eigenvalue weighted by molar-refractivity contribution is 7.89. The zero-order valence-corrected chi connectivity index (χ0v) is 12.5. The first kappa shape index (κ1) is 15.1. The van der Waals surface area contributed by atoms with Crippen molar-refractivity contribution in [3.63, 3.8) is 0 Å². The molecule has 0 aliphatic carbocycles. The van der Waals surface area contributed by atoms with Crippen molar-refractivity contribution in [2.24, 2.45) is 7.05 Å². The van der Waals surface area contributed by atoms with E-state index in [-0.39, 0.29) is 10.7 Å². The Labute approximate surface area is 123 Å². The second-order valence-electron chi connectivity index (χ2n) is 4.31. The number of aryl methyl sites for hydroxylation is 1. The lowest BCUT2D eigenvalue weighted by Gasteiger charge is -2.02. The van der Waals surface area contributed by atoms with Crippen molar-refractivity contribution in [1.82, 2.24) is 14.5 Å². The SMILES string of the molecule is CNS(=O)(=O)c1ccc(C(=O)C=Cc2ccnn2C)cc1. The van der Waals surface area contributed by atoms with Gasteiger partial charge in [-0.2, -0.15) is 5.10 Å². The highest BCUT2D eigenvalue weighted by Crippen LogP contribution is 2.11. The molecule has 0 radical (unpaired) electrons. The summed E-state index contributed by atoms with van der Waals surface area (Å²) in [6.45, 7) is 0. The van der Waals surface area contributed by atoms with Crippen LogP contribution >= 0.6 is 0 Å². The van der Waals surface area contributed by atoms with Gasteiger partial charge in [-0.25, -0.2) is 13.1 Å². The van der Waals surface area contributed by atoms with Gasteiger partial charge in [0, 0.05) is 18.8 Å². The van der Waals surface area contributed by atoms with Gasteiger partial charge < -0.3 is 0 Å². The van der Waals surface area contributed by atoms with Crippen molar-refractivity contribution < 1.29 is 13.2 Å². The van der Waals surface area contributed by atoms with Crippen LogP contribution in [-0.2, 0) is 17.1 Å². The second kappa shape index (κ2) is 6.02. The molecule has 0 spiro atoms. The highest BCUT2D eigenvalue weighted by atomic mass is 32.2. The first-order valence-electron chi connectivity index (χ1n) is 6.18. The molecule has 6 nitrogen and oxygen atoms in total. The van der Waals surface area contributed by atoms with Gasteiger partial charge >= 0.3 is 0 Å². The van der Waals surface area contributed by atoms with Crippen molar-refractivity contribution >= 4 is 21.9 Å². The molecule has 7 heteroatoms. The Morgan fingerprint density at radius 1 is 1.24 bits per heavy atom. The molecule has 2 rings (SSSR count). The van der Waals surface area contributed by atoms with Crippen molar-refractivity contribution in [3.8, 4) is 0 Å². The number of nitrogens with zero attached hydrogens (tertiary/aromatic N) is 2. The largest absolute Gasteiger partial charge is 0.289 e. The van der Waals surface area contributed by atoms with Crippen LogP contribution in [0.2, 0.25) is 0 Å². The van der Waals surface area contributed by atoms with Crippen LogP contribution in [-0.4, -0.2) is 31.0 Å². The lowest BCUT2D eigenvalue weighted by Crippen LogP contribution is -2.18. The van der Waals surface area contributed by atoms with E-state index < -0.39 is 10.0 Å². The number of hydrogen-bond acceptors (Lipinski definition) is 4. The minimum atomic E-state index is -3.48. The molecule has 0 fully saturated rings. The van der Waals surface area contributed by atoms with Crippen LogP contribution in [0.15, 0.2) is 47.5 Å². The summed E-state index contributed by atoms with van der Waals surface area (Å²) in [7, 11) is -0.367. The van der Waals surface area contributed by atoms with E-state index >= 15 is 0 Å². The van der Waals surface area contributed by atoms with Crippen LogP contribution in [0.3, 0.4) is 0 Å². The van der Waals surface area contributed by atoms with Gasteiger partial charge in [0.2, 0.25) is 10.0 Å². The Balaban J connectivity index is 2.18. The summed E-state index contributed by atoms with van der Waals surface area (Å²) in [5.41, 5.74) is 1.22. The third-order valence-corrected chi connectivity index (χ3v) is 4.41. The Hall–Kier alpha value is -2.25. The molecule has 1 heterocycles. The minimum Gasteiger partial charge on any atom is -0.289 e. The molecule has 0 aliphatic heterocycles. The monoisotopic (exact) mass is 305 g/mol. The Bertz CT molecular complexity index is 774. The molecule has 2 aromatic rings. The first-order valence-corrected chi connectivity index (χ1v) is 7.66. The van der Waals surface area contributed by atoms with Crippen molar-refractivity contribution in [1.29, 1.82) is 0 Å². The molecule has 21 heavy (non-hydrogen) atoms. The molecule has 0 unspecified atom stereocenters. The molecular formula is C14H15N3O3S. The van der Waals surface area contributed by atoms with Crippen LogP contribution < -0.4 is 4.72 Å². The molecule has 0 bridgehead atoms. The first-order chi connectivity index (χ1) is 9.94. The van der Waals surface area contributed by atoms with Crippen molar-refractivity contribution in [2.75, 3.05) is 7.05 Å². The average Bonchev–Trinajstić information content (AvgIpc) is 2.90. The number of rotatable bonds is 5.